The third-order valence-corrected chi connectivity index (χ3v) is 4.96. The molecule has 1 unspecified atom stereocenters. The van der Waals surface area contributed by atoms with Gasteiger partial charge in [-0.1, -0.05) is 6.92 Å². The molecule has 21 heavy (non-hydrogen) atoms. The number of rotatable bonds is 7. The smallest absolute Gasteiger partial charge is 0.325 e. The van der Waals surface area contributed by atoms with Crippen molar-refractivity contribution in [2.24, 2.45) is 5.92 Å². The van der Waals surface area contributed by atoms with E-state index in [0.29, 0.717) is 17.9 Å². The van der Waals surface area contributed by atoms with Crippen LogP contribution in [0.3, 0.4) is 0 Å². The molecule has 112 valence electrons. The molecular weight excluding hydrogens is 290 g/mol. The molecule has 0 aliphatic heterocycles. The normalized spacial score (nSPS) is 17.8. The van der Waals surface area contributed by atoms with Gasteiger partial charge in [-0.15, -0.1) is 11.8 Å². The van der Waals surface area contributed by atoms with E-state index in [4.69, 9.17) is 0 Å². The number of aromatic nitrogens is 4. The number of nitrogens with zero attached hydrogens (tertiary/aromatic N) is 3. The third kappa shape index (κ3) is 2.60. The summed E-state index contributed by atoms with van der Waals surface area (Å²) in [5, 5.41) is 13.6. The van der Waals surface area contributed by atoms with Gasteiger partial charge in [0.05, 0.1) is 6.33 Å². The van der Waals surface area contributed by atoms with Crippen molar-refractivity contribution in [3.05, 3.63) is 12.7 Å². The first kappa shape index (κ1) is 14.3. The lowest BCUT2D eigenvalue weighted by atomic mass is 9.96. The summed E-state index contributed by atoms with van der Waals surface area (Å²) >= 11 is 1.43. The molecule has 2 heterocycles. The summed E-state index contributed by atoms with van der Waals surface area (Å²) in [4.78, 5) is 27.2. The summed E-state index contributed by atoms with van der Waals surface area (Å²) in [6.45, 7) is 2.56. The summed E-state index contributed by atoms with van der Waals surface area (Å²) < 4.78 is 0. The minimum Gasteiger partial charge on any atom is -0.480 e. The quantitative estimate of drug-likeness (QED) is 0.523. The Kier molecular flexibility index (Phi) is 3.81. The number of imidazole rings is 1. The average Bonchev–Trinajstić information content (AvgIpc) is 3.21. The summed E-state index contributed by atoms with van der Waals surface area (Å²) in [5.74, 6) is -0.151. The Morgan fingerprint density at radius 1 is 1.52 bits per heavy atom. The second-order valence-corrected chi connectivity index (χ2v) is 6.11. The Balaban J connectivity index is 1.83. The maximum absolute atomic E-state index is 11.8. The number of carboxylic acid groups (broad SMARTS) is 1. The minimum atomic E-state index is -0.878. The number of carbonyl (C=O) groups is 1. The molecule has 7 nitrogen and oxygen atoms in total. The van der Waals surface area contributed by atoms with E-state index in [-0.39, 0.29) is 5.92 Å². The largest absolute Gasteiger partial charge is 0.480 e. The van der Waals surface area contributed by atoms with Crippen LogP contribution in [-0.4, -0.2) is 48.8 Å². The van der Waals surface area contributed by atoms with E-state index in [2.05, 4.69) is 25.3 Å². The SMILES string of the molecule is CCNC(CSc1ncnc2nc[nH]c12)(C(=O)O)C1CC1. The van der Waals surface area contributed by atoms with Crippen LogP contribution in [0.25, 0.3) is 11.2 Å². The van der Waals surface area contributed by atoms with Gasteiger partial charge in [0.25, 0.3) is 0 Å². The first-order valence-electron chi connectivity index (χ1n) is 6.92. The molecule has 1 saturated carbocycles. The summed E-state index contributed by atoms with van der Waals surface area (Å²) in [5.41, 5.74) is 0.480. The van der Waals surface area contributed by atoms with Crippen molar-refractivity contribution in [2.75, 3.05) is 12.3 Å². The standard InChI is InChI=1S/C13H17N5O2S/c1-2-18-13(12(19)20,8-3-4-8)5-21-11-9-10(15-6-14-9)16-7-17-11/h6-8,18H,2-5H2,1H3,(H,19,20)(H,14,15,16,17). The van der Waals surface area contributed by atoms with E-state index in [1.54, 1.807) is 6.33 Å². The van der Waals surface area contributed by atoms with Gasteiger partial charge >= 0.3 is 5.97 Å². The van der Waals surface area contributed by atoms with Crippen molar-refractivity contribution < 1.29 is 9.90 Å². The van der Waals surface area contributed by atoms with Gasteiger partial charge in [0.15, 0.2) is 5.65 Å². The molecule has 8 heteroatoms. The van der Waals surface area contributed by atoms with Crippen molar-refractivity contribution in [3.63, 3.8) is 0 Å². The fourth-order valence-electron chi connectivity index (χ4n) is 2.55. The van der Waals surface area contributed by atoms with E-state index in [1.807, 2.05) is 6.92 Å². The number of likely N-dealkylation sites (N-methyl/N-ethyl adjacent to an activating group) is 1. The molecule has 0 amide bonds. The topological polar surface area (TPSA) is 104 Å². The number of hydrogen-bond donors (Lipinski definition) is 3. The molecule has 1 atom stereocenters. The maximum atomic E-state index is 11.8. The monoisotopic (exact) mass is 307 g/mol. The molecule has 0 radical (unpaired) electrons. The second kappa shape index (κ2) is 5.61. The zero-order chi connectivity index (χ0) is 14.9. The highest BCUT2D eigenvalue weighted by atomic mass is 32.2. The van der Waals surface area contributed by atoms with Crippen molar-refractivity contribution >= 4 is 28.9 Å². The number of nitrogens with one attached hydrogen (secondary N) is 2. The van der Waals surface area contributed by atoms with Crippen molar-refractivity contribution in [1.82, 2.24) is 25.3 Å². The fraction of sp³-hybridized carbons (Fsp3) is 0.538. The van der Waals surface area contributed by atoms with Crippen molar-refractivity contribution in [3.8, 4) is 0 Å². The number of fused-ring (bicyclic) bond motifs is 1. The average molecular weight is 307 g/mol. The van der Waals surface area contributed by atoms with Gasteiger partial charge in [0, 0.05) is 5.75 Å². The third-order valence-electron chi connectivity index (χ3n) is 3.77. The lowest BCUT2D eigenvalue weighted by Gasteiger charge is -2.30. The van der Waals surface area contributed by atoms with Crippen LogP contribution >= 0.6 is 11.8 Å². The summed E-state index contributed by atoms with van der Waals surface area (Å²) in [6.07, 6.45) is 4.95. The molecule has 3 N–H and O–H groups in total. The molecule has 2 aromatic rings. The molecule has 1 aliphatic rings. The van der Waals surface area contributed by atoms with Gasteiger partial charge < -0.3 is 15.4 Å². The number of H-pyrrole nitrogens is 1. The van der Waals surface area contributed by atoms with Gasteiger partial charge in [0.2, 0.25) is 0 Å². The van der Waals surface area contributed by atoms with Gasteiger partial charge in [-0.2, -0.15) is 0 Å². The lowest BCUT2D eigenvalue weighted by Crippen LogP contribution is -2.56. The van der Waals surface area contributed by atoms with Crippen LogP contribution in [-0.2, 0) is 4.79 Å². The van der Waals surface area contributed by atoms with Crippen molar-refractivity contribution in [1.29, 1.82) is 0 Å². The second-order valence-electron chi connectivity index (χ2n) is 5.15. The molecular formula is C13H17N5O2S. The Labute approximate surface area is 126 Å². The molecule has 0 bridgehead atoms. The zero-order valence-electron chi connectivity index (χ0n) is 11.7. The van der Waals surface area contributed by atoms with Crippen molar-refractivity contribution in [2.45, 2.75) is 30.3 Å². The molecule has 1 aliphatic carbocycles. The fourth-order valence-corrected chi connectivity index (χ4v) is 3.79. The van der Waals surface area contributed by atoms with Crippen LogP contribution in [0.1, 0.15) is 19.8 Å². The van der Waals surface area contributed by atoms with Crippen LogP contribution in [0.4, 0.5) is 0 Å². The van der Waals surface area contributed by atoms with Crippen LogP contribution in [0.5, 0.6) is 0 Å². The van der Waals surface area contributed by atoms with E-state index >= 15 is 0 Å². The Bertz CT molecular complexity index is 657. The van der Waals surface area contributed by atoms with E-state index in [0.717, 1.165) is 23.4 Å². The van der Waals surface area contributed by atoms with E-state index in [9.17, 15) is 9.90 Å². The zero-order valence-corrected chi connectivity index (χ0v) is 12.5. The first-order valence-corrected chi connectivity index (χ1v) is 7.91. The predicted octanol–water partition coefficient (Wildman–Crippen LogP) is 1.29. The van der Waals surface area contributed by atoms with Gasteiger partial charge in [-0.05, 0) is 25.3 Å². The lowest BCUT2D eigenvalue weighted by molar-refractivity contribution is -0.144. The van der Waals surface area contributed by atoms with Gasteiger partial charge in [0.1, 0.15) is 22.4 Å². The van der Waals surface area contributed by atoms with Crippen LogP contribution in [0.2, 0.25) is 0 Å². The molecule has 0 saturated heterocycles. The highest BCUT2D eigenvalue weighted by Crippen LogP contribution is 2.42. The van der Waals surface area contributed by atoms with Crippen LogP contribution in [0.15, 0.2) is 17.7 Å². The molecule has 0 spiro atoms. The minimum absolute atomic E-state index is 0.196. The summed E-state index contributed by atoms with van der Waals surface area (Å²) in [6, 6.07) is 0. The summed E-state index contributed by atoms with van der Waals surface area (Å²) in [7, 11) is 0. The highest BCUT2D eigenvalue weighted by molar-refractivity contribution is 7.99. The number of carboxylic acids is 1. The molecule has 0 aromatic carbocycles. The number of aliphatic carboxylic acids is 1. The molecule has 1 fully saturated rings. The molecule has 2 aromatic heterocycles. The number of aromatic amines is 1. The van der Waals surface area contributed by atoms with Gasteiger partial charge in [-0.3, -0.25) is 4.79 Å². The number of thioether (sulfide) groups is 1. The van der Waals surface area contributed by atoms with E-state index in [1.165, 1.54) is 18.1 Å². The van der Waals surface area contributed by atoms with E-state index < -0.39 is 11.5 Å². The maximum Gasteiger partial charge on any atom is 0.325 e. The highest BCUT2D eigenvalue weighted by Gasteiger charge is 2.50. The van der Waals surface area contributed by atoms with Gasteiger partial charge in [-0.25, -0.2) is 15.0 Å². The Morgan fingerprint density at radius 3 is 3.00 bits per heavy atom. The Hall–Kier alpha value is -1.67. The number of hydrogen-bond acceptors (Lipinski definition) is 6. The first-order chi connectivity index (χ1) is 10.2. The molecule has 3 rings (SSSR count). The predicted molar refractivity (Wildman–Crippen MR) is 79.2 cm³/mol. The Morgan fingerprint density at radius 2 is 2.33 bits per heavy atom. The van der Waals surface area contributed by atoms with Crippen LogP contribution in [0, 0.1) is 5.92 Å². The van der Waals surface area contributed by atoms with Crippen LogP contribution < -0.4 is 5.32 Å².